The van der Waals surface area contributed by atoms with Gasteiger partial charge in [-0.1, -0.05) is 31.2 Å². The molecule has 4 heterocycles. The summed E-state index contributed by atoms with van der Waals surface area (Å²) in [7, 11) is 0. The predicted molar refractivity (Wildman–Crippen MR) is 123 cm³/mol. The topological polar surface area (TPSA) is 90.4 Å². The Balaban J connectivity index is 1.90. The van der Waals surface area contributed by atoms with Gasteiger partial charge < -0.3 is 24.5 Å². The van der Waals surface area contributed by atoms with Crippen LogP contribution in [0.4, 0.5) is 0 Å². The molecule has 3 amide bonds. The van der Waals surface area contributed by atoms with Gasteiger partial charge >= 0.3 is 0 Å². The van der Waals surface area contributed by atoms with Gasteiger partial charge in [0.1, 0.15) is 11.6 Å². The summed E-state index contributed by atoms with van der Waals surface area (Å²) in [6, 6.07) is -1.53. The van der Waals surface area contributed by atoms with Gasteiger partial charge in [0, 0.05) is 25.2 Å². The maximum Gasteiger partial charge on any atom is 0.249 e. The lowest BCUT2D eigenvalue weighted by Crippen LogP contribution is -2.60. The number of hydrogen-bond acceptors (Lipinski definition) is 5. The molecule has 0 bridgehead atoms. The Morgan fingerprint density at radius 1 is 1.09 bits per heavy atom. The van der Waals surface area contributed by atoms with E-state index < -0.39 is 40.7 Å². The van der Waals surface area contributed by atoms with Gasteiger partial charge in [-0.25, -0.2) is 0 Å². The van der Waals surface area contributed by atoms with Crippen LogP contribution >= 0.6 is 0 Å². The largest absolute Gasteiger partial charge is 0.394 e. The SMILES string of the molecule is CCCN1CC=C[C@]2(C)O[C@]34C=CCN(C(C)(C)C)C(=O)C3N([C@H](C)CO)C(=O)[C@@H]4[C@@H]2C1=O. The highest BCUT2D eigenvalue weighted by Gasteiger charge is 2.75. The number of aliphatic hydroxyl groups is 1. The normalized spacial score (nSPS) is 37.1. The second-order valence-corrected chi connectivity index (χ2v) is 11.0. The van der Waals surface area contributed by atoms with Crippen LogP contribution in [0.5, 0.6) is 0 Å². The van der Waals surface area contributed by atoms with Crippen LogP contribution in [-0.4, -0.2) is 92.6 Å². The molecule has 2 fully saturated rings. The molecule has 182 valence electrons. The van der Waals surface area contributed by atoms with E-state index in [2.05, 4.69) is 0 Å². The highest BCUT2D eigenvalue weighted by atomic mass is 16.5. The predicted octanol–water partition coefficient (Wildman–Crippen LogP) is 1.34. The monoisotopic (exact) mass is 459 g/mol. The fraction of sp³-hybridized carbons (Fsp3) is 0.720. The molecule has 6 atom stereocenters. The molecule has 2 saturated heterocycles. The molecule has 0 radical (unpaired) electrons. The highest BCUT2D eigenvalue weighted by molar-refractivity contribution is 6.00. The lowest BCUT2D eigenvalue weighted by Gasteiger charge is -2.42. The summed E-state index contributed by atoms with van der Waals surface area (Å²) >= 11 is 0. The number of fused-ring (bicyclic) bond motifs is 2. The molecule has 0 aromatic rings. The number of aliphatic hydroxyl groups excluding tert-OH is 1. The quantitative estimate of drug-likeness (QED) is 0.641. The summed E-state index contributed by atoms with van der Waals surface area (Å²) in [5.41, 5.74) is -2.75. The first-order valence-electron chi connectivity index (χ1n) is 12.0. The minimum absolute atomic E-state index is 0.116. The van der Waals surface area contributed by atoms with Crippen molar-refractivity contribution in [3.05, 3.63) is 24.3 Å². The average molecular weight is 460 g/mol. The molecule has 1 N–H and O–H groups in total. The molecule has 0 aliphatic carbocycles. The lowest BCUT2D eigenvalue weighted by molar-refractivity contribution is -0.157. The minimum atomic E-state index is -1.27. The molecular weight excluding hydrogens is 422 g/mol. The van der Waals surface area contributed by atoms with Gasteiger partial charge in [-0.2, -0.15) is 0 Å². The van der Waals surface area contributed by atoms with Crippen molar-refractivity contribution in [2.75, 3.05) is 26.2 Å². The van der Waals surface area contributed by atoms with Gasteiger partial charge in [0.05, 0.1) is 30.1 Å². The van der Waals surface area contributed by atoms with Crippen molar-refractivity contribution in [1.29, 1.82) is 0 Å². The van der Waals surface area contributed by atoms with Crippen LogP contribution in [0.1, 0.15) is 48.0 Å². The van der Waals surface area contributed by atoms with E-state index in [-0.39, 0.29) is 24.3 Å². The van der Waals surface area contributed by atoms with Crippen molar-refractivity contribution in [1.82, 2.24) is 14.7 Å². The van der Waals surface area contributed by atoms with E-state index in [1.165, 1.54) is 4.90 Å². The van der Waals surface area contributed by atoms with Crippen LogP contribution in [0.15, 0.2) is 24.3 Å². The fourth-order valence-corrected chi connectivity index (χ4v) is 6.15. The number of ether oxygens (including phenoxy) is 1. The van der Waals surface area contributed by atoms with Gasteiger partial charge in [0.15, 0.2) is 0 Å². The van der Waals surface area contributed by atoms with E-state index in [9.17, 15) is 19.5 Å². The highest BCUT2D eigenvalue weighted by Crippen LogP contribution is 2.58. The van der Waals surface area contributed by atoms with Crippen LogP contribution in [0, 0.1) is 11.8 Å². The first kappa shape index (κ1) is 24.0. The summed E-state index contributed by atoms with van der Waals surface area (Å²) in [6.45, 7) is 12.6. The molecule has 0 aromatic heterocycles. The van der Waals surface area contributed by atoms with Gasteiger partial charge in [0.2, 0.25) is 17.7 Å². The Labute approximate surface area is 196 Å². The number of carbonyl (C=O) groups is 3. The first-order chi connectivity index (χ1) is 15.4. The number of likely N-dealkylation sites (tertiary alicyclic amines) is 1. The van der Waals surface area contributed by atoms with Crippen molar-refractivity contribution in [3.63, 3.8) is 0 Å². The molecule has 4 aliphatic heterocycles. The molecular formula is C25H37N3O5. The third kappa shape index (κ3) is 3.36. The van der Waals surface area contributed by atoms with E-state index in [0.717, 1.165) is 6.42 Å². The number of amides is 3. The zero-order chi connectivity index (χ0) is 24.3. The van der Waals surface area contributed by atoms with E-state index in [4.69, 9.17) is 4.74 Å². The van der Waals surface area contributed by atoms with Crippen LogP contribution in [0.25, 0.3) is 0 Å². The maximum absolute atomic E-state index is 14.0. The van der Waals surface area contributed by atoms with Crippen LogP contribution in [-0.2, 0) is 19.1 Å². The van der Waals surface area contributed by atoms with Crippen molar-refractivity contribution in [3.8, 4) is 0 Å². The van der Waals surface area contributed by atoms with Crippen LogP contribution in [0.3, 0.4) is 0 Å². The number of rotatable bonds is 4. The Bertz CT molecular complexity index is 908. The van der Waals surface area contributed by atoms with Gasteiger partial charge in [-0.3, -0.25) is 14.4 Å². The third-order valence-electron chi connectivity index (χ3n) is 7.62. The van der Waals surface area contributed by atoms with Crippen molar-refractivity contribution < 1.29 is 24.2 Å². The molecule has 0 saturated carbocycles. The van der Waals surface area contributed by atoms with E-state index >= 15 is 0 Å². The Morgan fingerprint density at radius 2 is 1.76 bits per heavy atom. The van der Waals surface area contributed by atoms with Crippen molar-refractivity contribution in [2.24, 2.45) is 11.8 Å². The molecule has 0 aromatic carbocycles. The van der Waals surface area contributed by atoms with Crippen LogP contribution in [0.2, 0.25) is 0 Å². The van der Waals surface area contributed by atoms with Crippen molar-refractivity contribution >= 4 is 17.7 Å². The molecule has 1 spiro atoms. The van der Waals surface area contributed by atoms with E-state index in [0.29, 0.717) is 19.6 Å². The zero-order valence-electron chi connectivity index (χ0n) is 20.6. The summed E-state index contributed by atoms with van der Waals surface area (Å²) < 4.78 is 6.74. The third-order valence-corrected chi connectivity index (χ3v) is 7.62. The molecule has 1 unspecified atom stereocenters. The summed E-state index contributed by atoms with van der Waals surface area (Å²) in [6.07, 6.45) is 8.38. The summed E-state index contributed by atoms with van der Waals surface area (Å²) in [4.78, 5) is 46.8. The van der Waals surface area contributed by atoms with E-state index in [1.54, 1.807) is 16.7 Å². The van der Waals surface area contributed by atoms with Gasteiger partial charge in [0.25, 0.3) is 0 Å². The number of carbonyl (C=O) groups excluding carboxylic acids is 3. The van der Waals surface area contributed by atoms with Gasteiger partial charge in [-0.05, 0) is 41.0 Å². The number of nitrogens with zero attached hydrogens (tertiary/aromatic N) is 3. The average Bonchev–Trinajstić information content (AvgIpc) is 3.01. The smallest absolute Gasteiger partial charge is 0.249 e. The van der Waals surface area contributed by atoms with Crippen LogP contribution < -0.4 is 0 Å². The summed E-state index contributed by atoms with van der Waals surface area (Å²) in [5.74, 6) is -2.21. The maximum atomic E-state index is 14.0. The van der Waals surface area contributed by atoms with Gasteiger partial charge in [-0.15, -0.1) is 0 Å². The standard InChI is InChI=1S/C25H37N3O5/c1-7-12-26-13-8-10-24(6)17(20(26)30)18-21(31)28(16(2)15-29)19-22(32)27(23(3,4)5)14-9-11-25(18,19)33-24/h8-11,16-19,29H,7,12-15H2,1-6H3/t16-,17-,18+,19?,24+,25+/m1/s1. The molecule has 8 heteroatoms. The minimum Gasteiger partial charge on any atom is -0.394 e. The number of hydrogen-bond donors (Lipinski definition) is 1. The second kappa shape index (κ2) is 7.94. The van der Waals surface area contributed by atoms with Crippen molar-refractivity contribution in [2.45, 2.75) is 76.8 Å². The summed E-state index contributed by atoms with van der Waals surface area (Å²) in [5, 5.41) is 9.97. The second-order valence-electron chi connectivity index (χ2n) is 11.0. The molecule has 33 heavy (non-hydrogen) atoms. The lowest BCUT2D eigenvalue weighted by atomic mass is 9.74. The van der Waals surface area contributed by atoms with E-state index in [1.807, 2.05) is 58.9 Å². The first-order valence-corrected chi connectivity index (χ1v) is 12.0. The fourth-order valence-electron chi connectivity index (χ4n) is 6.15. The Hall–Kier alpha value is -2.19. The zero-order valence-corrected chi connectivity index (χ0v) is 20.6. The molecule has 4 rings (SSSR count). The Kier molecular flexibility index (Phi) is 5.77. The molecule has 4 aliphatic rings. The Morgan fingerprint density at radius 3 is 2.36 bits per heavy atom. The molecule has 8 nitrogen and oxygen atoms in total.